The smallest absolute Gasteiger partial charge is 0.338 e. The summed E-state index contributed by atoms with van der Waals surface area (Å²) in [6.07, 6.45) is 9.22. The van der Waals surface area contributed by atoms with Crippen LogP contribution in [-0.4, -0.2) is 25.8 Å². The van der Waals surface area contributed by atoms with E-state index in [1.54, 1.807) is 6.07 Å². The van der Waals surface area contributed by atoms with Crippen molar-refractivity contribution in [2.75, 3.05) is 19.9 Å². The molecule has 1 aromatic carbocycles. The highest BCUT2D eigenvalue weighted by molar-refractivity contribution is 7.39. The van der Waals surface area contributed by atoms with Crippen LogP contribution in [0.1, 0.15) is 67.8 Å². The minimum absolute atomic E-state index is 0.254. The number of carbonyl (C=O) groups is 1. The minimum atomic E-state index is -1.89. The number of carbonyl (C=O) groups excluding carboxylic acids is 1. The van der Waals surface area contributed by atoms with Gasteiger partial charge >= 0.3 is 5.97 Å². The first-order valence-corrected chi connectivity index (χ1v) is 10.5. The average Bonchev–Trinajstić information content (AvgIpc) is 2.60. The fourth-order valence-corrected chi connectivity index (χ4v) is 3.19. The predicted molar refractivity (Wildman–Crippen MR) is 99.3 cm³/mol. The van der Waals surface area contributed by atoms with E-state index in [0.717, 1.165) is 31.2 Å². The van der Waals surface area contributed by atoms with E-state index in [2.05, 4.69) is 6.92 Å². The molecule has 0 N–H and O–H groups in total. The number of unbranched alkanes of at least 4 members (excludes halogenated alkanes) is 5. The topological polar surface area (TPSA) is 52.6 Å². The summed E-state index contributed by atoms with van der Waals surface area (Å²) in [7, 11) is -0.415. The van der Waals surface area contributed by atoms with Gasteiger partial charge in [-0.15, -0.1) is 0 Å². The fourth-order valence-electron chi connectivity index (χ4n) is 2.52. The van der Waals surface area contributed by atoms with Gasteiger partial charge in [0, 0.05) is 13.3 Å². The third kappa shape index (κ3) is 9.24. The van der Waals surface area contributed by atoms with Gasteiger partial charge in [-0.2, -0.15) is 0 Å². The van der Waals surface area contributed by atoms with Crippen LogP contribution in [0.4, 0.5) is 0 Å². The molecule has 0 aliphatic carbocycles. The highest BCUT2D eigenvalue weighted by Gasteiger charge is 2.08. The van der Waals surface area contributed by atoms with Crippen LogP contribution >= 0.6 is 8.03 Å². The second-order valence-corrected chi connectivity index (χ2v) is 7.69. The Labute approximate surface area is 146 Å². The molecule has 1 aromatic rings. The van der Waals surface area contributed by atoms with Crippen molar-refractivity contribution in [1.82, 2.24) is 0 Å². The van der Waals surface area contributed by atoms with Gasteiger partial charge in [0.1, 0.15) is 0 Å². The molecule has 0 saturated heterocycles. The molecule has 0 bridgehead atoms. The van der Waals surface area contributed by atoms with E-state index < -0.39 is 8.03 Å². The summed E-state index contributed by atoms with van der Waals surface area (Å²) in [4.78, 5) is 12.1. The molecule has 0 aliphatic heterocycles. The Hall–Kier alpha value is -1.12. The Morgan fingerprint density at radius 1 is 1.08 bits per heavy atom. The molecule has 0 heterocycles. The molecule has 0 radical (unpaired) electrons. The Balaban J connectivity index is 2.29. The van der Waals surface area contributed by atoms with Crippen molar-refractivity contribution in [3.63, 3.8) is 0 Å². The van der Waals surface area contributed by atoms with Crippen molar-refractivity contribution in [2.45, 2.75) is 58.3 Å². The van der Waals surface area contributed by atoms with E-state index in [9.17, 15) is 9.36 Å². The fraction of sp³-hybridized carbons (Fsp3) is 0.632. The lowest BCUT2D eigenvalue weighted by Crippen LogP contribution is -2.07. The largest absolute Gasteiger partial charge is 0.462 e. The maximum Gasteiger partial charge on any atom is 0.338 e. The van der Waals surface area contributed by atoms with Gasteiger partial charge in [-0.25, -0.2) is 4.79 Å². The summed E-state index contributed by atoms with van der Waals surface area (Å²) in [5, 5.41) is 0. The molecule has 4 nitrogen and oxygen atoms in total. The van der Waals surface area contributed by atoms with Crippen molar-refractivity contribution in [1.29, 1.82) is 0 Å². The van der Waals surface area contributed by atoms with Crippen LogP contribution in [0.2, 0.25) is 0 Å². The van der Waals surface area contributed by atoms with Crippen molar-refractivity contribution in [2.24, 2.45) is 0 Å². The number of esters is 1. The van der Waals surface area contributed by atoms with Crippen molar-refractivity contribution in [3.8, 4) is 0 Å². The summed E-state index contributed by atoms with van der Waals surface area (Å²) in [6, 6.07) is 7.50. The van der Waals surface area contributed by atoms with E-state index in [1.807, 2.05) is 18.2 Å². The normalized spacial score (nSPS) is 12.1. The van der Waals surface area contributed by atoms with Gasteiger partial charge in [-0.05, 0) is 37.0 Å². The zero-order chi connectivity index (χ0) is 17.6. The zero-order valence-electron chi connectivity index (χ0n) is 15.0. The molecule has 0 aromatic heterocycles. The van der Waals surface area contributed by atoms with Gasteiger partial charge < -0.3 is 9.26 Å². The van der Waals surface area contributed by atoms with Crippen molar-refractivity contribution >= 4 is 14.0 Å². The monoisotopic (exact) mass is 354 g/mol. The average molecular weight is 354 g/mol. The second-order valence-electron chi connectivity index (χ2n) is 6.03. The van der Waals surface area contributed by atoms with Gasteiger partial charge in [0.15, 0.2) is 8.03 Å². The van der Waals surface area contributed by atoms with Gasteiger partial charge in [0.05, 0.1) is 12.2 Å². The van der Waals surface area contributed by atoms with E-state index in [4.69, 9.17) is 9.26 Å². The molecule has 0 aliphatic rings. The van der Waals surface area contributed by atoms with E-state index in [0.29, 0.717) is 18.3 Å². The van der Waals surface area contributed by atoms with Crippen LogP contribution in [-0.2, 0) is 20.2 Å². The lowest BCUT2D eigenvalue weighted by Gasteiger charge is -2.07. The SMILES string of the molecule is CCCCCCCCOC(=O)c1cccc(CCC[PH](=O)OC)c1. The number of hydrogen-bond donors (Lipinski definition) is 0. The van der Waals surface area contributed by atoms with Crippen molar-refractivity contribution in [3.05, 3.63) is 35.4 Å². The molecular formula is C19H31O4P. The molecule has 5 heteroatoms. The van der Waals surface area contributed by atoms with Gasteiger partial charge in [-0.3, -0.25) is 4.57 Å². The minimum Gasteiger partial charge on any atom is -0.462 e. The summed E-state index contributed by atoms with van der Waals surface area (Å²) in [5.41, 5.74) is 1.66. The predicted octanol–water partition coefficient (Wildman–Crippen LogP) is 5.26. The molecule has 1 atom stereocenters. The maximum atomic E-state index is 12.1. The third-order valence-electron chi connectivity index (χ3n) is 3.97. The first kappa shape index (κ1) is 20.9. The number of rotatable bonds is 13. The van der Waals surface area contributed by atoms with Gasteiger partial charge in [-0.1, -0.05) is 51.2 Å². The third-order valence-corrected chi connectivity index (χ3v) is 5.18. The lowest BCUT2D eigenvalue weighted by molar-refractivity contribution is 0.0497. The lowest BCUT2D eigenvalue weighted by atomic mass is 10.1. The van der Waals surface area contributed by atoms with E-state index in [-0.39, 0.29) is 5.97 Å². The molecule has 24 heavy (non-hydrogen) atoms. The standard InChI is InChI=1S/C19H31O4P/c1-3-4-5-6-7-8-14-23-19(20)18-13-9-11-17(16-18)12-10-15-24(21)22-2/h9,11,13,16,24H,3-8,10,12,14-15H2,1-2H3. The molecule has 0 saturated carbocycles. The first-order valence-electron chi connectivity index (χ1n) is 9.00. The molecule has 0 spiro atoms. The van der Waals surface area contributed by atoms with Crippen LogP contribution < -0.4 is 0 Å². The van der Waals surface area contributed by atoms with Crippen LogP contribution in [0.15, 0.2) is 24.3 Å². The Morgan fingerprint density at radius 3 is 2.58 bits per heavy atom. The summed E-state index contributed by atoms with van der Waals surface area (Å²) >= 11 is 0. The molecule has 1 rings (SSSR count). The first-order chi connectivity index (χ1) is 11.7. The number of ether oxygens (including phenoxy) is 1. The number of aryl methyl sites for hydroxylation is 1. The van der Waals surface area contributed by atoms with E-state index >= 15 is 0 Å². The van der Waals surface area contributed by atoms with Crippen LogP contribution in [0.25, 0.3) is 0 Å². The Morgan fingerprint density at radius 2 is 1.83 bits per heavy atom. The molecule has 0 amide bonds. The summed E-state index contributed by atoms with van der Waals surface area (Å²) in [5.74, 6) is -0.254. The van der Waals surface area contributed by atoms with Crippen LogP contribution in [0.5, 0.6) is 0 Å². The van der Waals surface area contributed by atoms with E-state index in [1.165, 1.54) is 32.8 Å². The maximum absolute atomic E-state index is 12.1. The van der Waals surface area contributed by atoms with Crippen LogP contribution in [0, 0.1) is 0 Å². The Bertz CT molecular complexity index is 502. The van der Waals surface area contributed by atoms with Gasteiger partial charge in [0.25, 0.3) is 0 Å². The summed E-state index contributed by atoms with van der Waals surface area (Å²) in [6.45, 7) is 2.69. The number of hydrogen-bond acceptors (Lipinski definition) is 4. The highest BCUT2D eigenvalue weighted by Crippen LogP contribution is 2.22. The van der Waals surface area contributed by atoms with Crippen LogP contribution in [0.3, 0.4) is 0 Å². The molecule has 136 valence electrons. The summed E-state index contributed by atoms with van der Waals surface area (Å²) < 4.78 is 21.4. The molecule has 0 fully saturated rings. The van der Waals surface area contributed by atoms with Gasteiger partial charge in [0.2, 0.25) is 0 Å². The quantitative estimate of drug-likeness (QED) is 0.275. The number of benzene rings is 1. The van der Waals surface area contributed by atoms with Crippen molar-refractivity contribution < 1.29 is 18.6 Å². The second kappa shape index (κ2) is 13.2. The highest BCUT2D eigenvalue weighted by atomic mass is 31.1. The molecule has 1 unspecified atom stereocenters. The Kier molecular flexibility index (Phi) is 11.5. The molecular weight excluding hydrogens is 323 g/mol. The zero-order valence-corrected chi connectivity index (χ0v) is 16.0.